The molecule has 118 valence electrons. The zero-order valence-electron chi connectivity index (χ0n) is 13.6. The molecule has 1 aromatic rings. The molecule has 1 saturated heterocycles. The van der Waals surface area contributed by atoms with E-state index >= 15 is 0 Å². The van der Waals surface area contributed by atoms with Crippen molar-refractivity contribution in [3.8, 4) is 5.75 Å². The van der Waals surface area contributed by atoms with Crippen molar-refractivity contribution in [3.05, 3.63) is 18.3 Å². The van der Waals surface area contributed by atoms with Crippen LogP contribution in [0, 0.1) is 11.8 Å². The zero-order valence-corrected chi connectivity index (χ0v) is 13.6. The molecule has 21 heavy (non-hydrogen) atoms. The number of anilines is 1. The minimum Gasteiger partial charge on any atom is -0.490 e. The van der Waals surface area contributed by atoms with Crippen LogP contribution < -0.4 is 15.0 Å². The number of rotatable bonds is 7. The predicted octanol–water partition coefficient (Wildman–Crippen LogP) is 2.94. The fourth-order valence-corrected chi connectivity index (χ4v) is 2.81. The average molecular weight is 291 g/mol. The molecule has 1 aromatic heterocycles. The fraction of sp³-hybridized carbons (Fsp3) is 0.706. The molecule has 1 aliphatic rings. The second kappa shape index (κ2) is 8.23. The van der Waals surface area contributed by atoms with Gasteiger partial charge in [-0.05, 0) is 56.8 Å². The number of hydrogen-bond donors (Lipinski definition) is 1. The first-order valence-corrected chi connectivity index (χ1v) is 8.24. The monoisotopic (exact) mass is 291 g/mol. The van der Waals surface area contributed by atoms with Crippen LogP contribution in [0.25, 0.3) is 0 Å². The summed E-state index contributed by atoms with van der Waals surface area (Å²) in [6.07, 6.45) is 4.31. The number of pyridine rings is 1. The van der Waals surface area contributed by atoms with Crippen LogP contribution in [-0.2, 0) is 0 Å². The molecule has 1 N–H and O–H groups in total. The Hall–Kier alpha value is -1.29. The van der Waals surface area contributed by atoms with E-state index in [-0.39, 0.29) is 0 Å². The fourth-order valence-electron chi connectivity index (χ4n) is 2.81. The summed E-state index contributed by atoms with van der Waals surface area (Å²) < 4.78 is 5.69. The van der Waals surface area contributed by atoms with Gasteiger partial charge in [0, 0.05) is 19.3 Å². The van der Waals surface area contributed by atoms with Gasteiger partial charge in [-0.15, -0.1) is 0 Å². The maximum absolute atomic E-state index is 5.69. The second-order valence-electron chi connectivity index (χ2n) is 6.24. The Morgan fingerprint density at radius 3 is 2.81 bits per heavy atom. The maximum Gasteiger partial charge on any atom is 0.171 e. The largest absolute Gasteiger partial charge is 0.490 e. The lowest BCUT2D eigenvalue weighted by Crippen LogP contribution is -2.38. The van der Waals surface area contributed by atoms with Crippen LogP contribution >= 0.6 is 0 Å². The van der Waals surface area contributed by atoms with Gasteiger partial charge in [-0.3, -0.25) is 0 Å². The van der Waals surface area contributed by atoms with Gasteiger partial charge in [-0.2, -0.15) is 0 Å². The molecule has 0 aromatic carbocycles. The van der Waals surface area contributed by atoms with Crippen molar-refractivity contribution in [2.24, 2.45) is 11.8 Å². The molecule has 1 fully saturated rings. The predicted molar refractivity (Wildman–Crippen MR) is 88.1 cm³/mol. The van der Waals surface area contributed by atoms with Gasteiger partial charge >= 0.3 is 0 Å². The van der Waals surface area contributed by atoms with E-state index in [0.29, 0.717) is 6.61 Å². The van der Waals surface area contributed by atoms with Gasteiger partial charge in [0.15, 0.2) is 11.6 Å². The van der Waals surface area contributed by atoms with Crippen molar-refractivity contribution in [2.75, 3.05) is 37.7 Å². The van der Waals surface area contributed by atoms with Gasteiger partial charge in [-0.25, -0.2) is 4.98 Å². The van der Waals surface area contributed by atoms with Crippen LogP contribution in [0.3, 0.4) is 0 Å². The molecular formula is C17H29N3O. The van der Waals surface area contributed by atoms with Crippen molar-refractivity contribution in [1.82, 2.24) is 10.3 Å². The summed E-state index contributed by atoms with van der Waals surface area (Å²) >= 11 is 0. The summed E-state index contributed by atoms with van der Waals surface area (Å²) in [6.45, 7) is 11.6. The number of ether oxygens (including phenoxy) is 1. The first-order chi connectivity index (χ1) is 10.2. The maximum atomic E-state index is 5.69. The molecule has 0 saturated carbocycles. The molecule has 0 amide bonds. The van der Waals surface area contributed by atoms with E-state index in [1.54, 1.807) is 0 Å². The molecule has 4 nitrogen and oxygen atoms in total. The molecule has 0 unspecified atom stereocenters. The van der Waals surface area contributed by atoms with Gasteiger partial charge in [0.05, 0.1) is 6.61 Å². The molecule has 0 aliphatic carbocycles. The number of nitrogens with one attached hydrogen (secondary N) is 1. The molecule has 4 heteroatoms. The van der Waals surface area contributed by atoms with Crippen molar-refractivity contribution < 1.29 is 4.74 Å². The molecule has 0 atom stereocenters. The summed E-state index contributed by atoms with van der Waals surface area (Å²) in [5, 5.41) is 3.58. The average Bonchev–Trinajstić information content (AvgIpc) is 2.49. The van der Waals surface area contributed by atoms with Crippen LogP contribution in [0.15, 0.2) is 18.3 Å². The number of piperidine rings is 1. The smallest absolute Gasteiger partial charge is 0.171 e. The lowest BCUT2D eigenvalue weighted by atomic mass is 9.96. The Morgan fingerprint density at radius 2 is 2.14 bits per heavy atom. The SMILES string of the molecule is CCOc1cccnc1N1CCC(CNCC(C)C)CC1. The van der Waals surface area contributed by atoms with Crippen molar-refractivity contribution >= 4 is 5.82 Å². The topological polar surface area (TPSA) is 37.4 Å². The van der Waals surface area contributed by atoms with E-state index in [2.05, 4.69) is 29.0 Å². The number of nitrogens with zero attached hydrogens (tertiary/aromatic N) is 2. The summed E-state index contributed by atoms with van der Waals surface area (Å²) in [5.74, 6) is 3.44. The highest BCUT2D eigenvalue weighted by atomic mass is 16.5. The van der Waals surface area contributed by atoms with Crippen LogP contribution in [-0.4, -0.2) is 37.8 Å². The molecule has 0 spiro atoms. The minimum atomic E-state index is 0.689. The number of hydrogen-bond acceptors (Lipinski definition) is 4. The van der Waals surface area contributed by atoms with E-state index in [1.807, 2.05) is 25.3 Å². The van der Waals surface area contributed by atoms with Gasteiger partial charge in [-0.1, -0.05) is 13.8 Å². The zero-order chi connectivity index (χ0) is 15.1. The van der Waals surface area contributed by atoms with Crippen LogP contribution in [0.2, 0.25) is 0 Å². The first kappa shape index (κ1) is 16.1. The van der Waals surface area contributed by atoms with E-state index in [4.69, 9.17) is 4.74 Å². The quantitative estimate of drug-likeness (QED) is 0.838. The Kier molecular flexibility index (Phi) is 6.30. The molecular weight excluding hydrogens is 262 g/mol. The summed E-state index contributed by atoms with van der Waals surface area (Å²) in [5.41, 5.74) is 0. The highest BCUT2D eigenvalue weighted by Crippen LogP contribution is 2.29. The first-order valence-electron chi connectivity index (χ1n) is 8.24. The highest BCUT2D eigenvalue weighted by molar-refractivity contribution is 5.52. The van der Waals surface area contributed by atoms with Crippen LogP contribution in [0.1, 0.15) is 33.6 Å². The summed E-state index contributed by atoms with van der Waals surface area (Å²) in [7, 11) is 0. The van der Waals surface area contributed by atoms with Crippen LogP contribution in [0.5, 0.6) is 5.75 Å². The van der Waals surface area contributed by atoms with E-state index in [9.17, 15) is 0 Å². The third kappa shape index (κ3) is 4.88. The Bertz CT molecular complexity index is 414. The molecule has 0 radical (unpaired) electrons. The van der Waals surface area contributed by atoms with E-state index < -0.39 is 0 Å². The normalized spacial score (nSPS) is 16.5. The molecule has 2 heterocycles. The third-order valence-electron chi connectivity index (χ3n) is 3.95. The molecule has 1 aliphatic heterocycles. The third-order valence-corrected chi connectivity index (χ3v) is 3.95. The van der Waals surface area contributed by atoms with Crippen LogP contribution in [0.4, 0.5) is 5.82 Å². The van der Waals surface area contributed by atoms with Gasteiger partial charge < -0.3 is 15.0 Å². The lowest BCUT2D eigenvalue weighted by Gasteiger charge is -2.33. The number of aromatic nitrogens is 1. The van der Waals surface area contributed by atoms with Crippen molar-refractivity contribution in [1.29, 1.82) is 0 Å². The van der Waals surface area contributed by atoms with E-state index in [0.717, 1.165) is 49.6 Å². The minimum absolute atomic E-state index is 0.689. The molecule has 0 bridgehead atoms. The Labute approximate surface area is 128 Å². The Morgan fingerprint density at radius 1 is 1.38 bits per heavy atom. The Balaban J connectivity index is 1.83. The van der Waals surface area contributed by atoms with Crippen molar-refractivity contribution in [3.63, 3.8) is 0 Å². The van der Waals surface area contributed by atoms with E-state index in [1.165, 1.54) is 12.8 Å². The van der Waals surface area contributed by atoms with Crippen molar-refractivity contribution in [2.45, 2.75) is 33.6 Å². The highest BCUT2D eigenvalue weighted by Gasteiger charge is 2.22. The van der Waals surface area contributed by atoms with Gasteiger partial charge in [0.25, 0.3) is 0 Å². The standard InChI is InChI=1S/C17H29N3O/c1-4-21-16-6-5-9-19-17(16)20-10-7-15(8-11-20)13-18-12-14(2)3/h5-6,9,14-15,18H,4,7-8,10-13H2,1-3H3. The molecule has 2 rings (SSSR count). The lowest BCUT2D eigenvalue weighted by molar-refractivity contribution is 0.334. The van der Waals surface area contributed by atoms with Gasteiger partial charge in [0.2, 0.25) is 0 Å². The summed E-state index contributed by atoms with van der Waals surface area (Å²) in [6, 6.07) is 3.96. The van der Waals surface area contributed by atoms with Gasteiger partial charge in [0.1, 0.15) is 0 Å². The summed E-state index contributed by atoms with van der Waals surface area (Å²) in [4.78, 5) is 6.88. The second-order valence-corrected chi connectivity index (χ2v) is 6.24.